The number of aromatic nitrogens is 6. The van der Waals surface area contributed by atoms with Gasteiger partial charge in [0, 0.05) is 44.5 Å². The molecule has 0 aliphatic heterocycles. The van der Waals surface area contributed by atoms with Gasteiger partial charge in [-0.3, -0.25) is 9.48 Å². The molecule has 0 bridgehead atoms. The van der Waals surface area contributed by atoms with Crippen LogP contribution in [-0.2, 0) is 22.5 Å². The van der Waals surface area contributed by atoms with E-state index in [0.29, 0.717) is 36.2 Å². The second-order valence-corrected chi connectivity index (χ2v) is 7.94. The van der Waals surface area contributed by atoms with Crippen molar-refractivity contribution in [2.75, 3.05) is 19.0 Å². The van der Waals surface area contributed by atoms with Crippen molar-refractivity contribution >= 4 is 17.8 Å². The molecule has 1 unspecified atom stereocenters. The monoisotopic (exact) mass is 439 g/mol. The number of carbonyl (C=O) groups is 1. The van der Waals surface area contributed by atoms with Gasteiger partial charge in [-0.25, -0.2) is 9.37 Å². The van der Waals surface area contributed by atoms with E-state index in [9.17, 15) is 9.18 Å². The van der Waals surface area contributed by atoms with Crippen LogP contribution in [0.15, 0.2) is 36.3 Å². The number of hydrogen-bond donors (Lipinski definition) is 1. The van der Waals surface area contributed by atoms with Crippen LogP contribution in [0, 0.1) is 0 Å². The molecule has 32 heavy (non-hydrogen) atoms. The number of aryl methyl sites for hydroxylation is 1. The van der Waals surface area contributed by atoms with Gasteiger partial charge in [0.05, 0.1) is 11.3 Å². The first-order valence-corrected chi connectivity index (χ1v) is 10.6. The van der Waals surface area contributed by atoms with Crippen LogP contribution >= 0.6 is 0 Å². The maximum Gasteiger partial charge on any atom is 0.255 e. The Bertz CT molecular complexity index is 1140. The fraction of sp³-hybridized carbons (Fsp3) is 0.409. The summed E-state index contributed by atoms with van der Waals surface area (Å²) in [5.41, 5.74) is 2.02. The third kappa shape index (κ3) is 4.59. The highest BCUT2D eigenvalue weighted by Gasteiger charge is 2.28. The Balaban J connectivity index is 1.51. The van der Waals surface area contributed by atoms with Crippen molar-refractivity contribution in [2.24, 2.45) is 0 Å². The molecular weight excluding hydrogens is 413 g/mol. The van der Waals surface area contributed by atoms with Crippen molar-refractivity contribution in [1.82, 2.24) is 29.5 Å². The molecule has 0 radical (unpaired) electrons. The number of ether oxygens (including phenoxy) is 1. The van der Waals surface area contributed by atoms with Gasteiger partial charge < -0.3 is 14.6 Å². The molecule has 1 amide bonds. The molecule has 10 heteroatoms. The number of nitrogens with zero attached hydrogens (tertiary/aromatic N) is 6. The number of anilines is 1. The quantitative estimate of drug-likeness (QED) is 0.542. The predicted molar refractivity (Wildman–Crippen MR) is 118 cm³/mol. The molecule has 9 nitrogen and oxygen atoms in total. The molecule has 0 spiro atoms. The Morgan fingerprint density at radius 1 is 1.38 bits per heavy atom. The first kappa shape index (κ1) is 21.8. The molecule has 3 aromatic heterocycles. The molecule has 0 saturated heterocycles. The van der Waals surface area contributed by atoms with Crippen molar-refractivity contribution in [1.29, 1.82) is 0 Å². The molecule has 3 aromatic rings. The summed E-state index contributed by atoms with van der Waals surface area (Å²) in [7, 11) is 1.65. The van der Waals surface area contributed by atoms with Crippen LogP contribution in [0.5, 0.6) is 0 Å². The number of carbonyl (C=O) groups excluding carboxylic acids is 1. The van der Waals surface area contributed by atoms with Crippen LogP contribution in [0.25, 0.3) is 17.6 Å². The lowest BCUT2D eigenvalue weighted by molar-refractivity contribution is -0.113. The first-order valence-electron chi connectivity index (χ1n) is 10.6. The van der Waals surface area contributed by atoms with Gasteiger partial charge in [0.25, 0.3) is 5.91 Å². The Hall–Kier alpha value is -3.40. The minimum Gasteiger partial charge on any atom is -0.385 e. The Morgan fingerprint density at radius 2 is 2.22 bits per heavy atom. The standard InChI is InChI=1S/C22H26FN7O2/c1-14(2)30-13-24-27-21(30)18-6-4-7-20(25-18)26-22(31)16-11-19-15(10-17(16)23)12-29(28-19)8-5-9-32-3/h4,6-7,11-14,17H,5,8-10H2,1-3H3,(H,25,26,31). The van der Waals surface area contributed by atoms with E-state index in [1.54, 1.807) is 36.3 Å². The second kappa shape index (κ2) is 9.39. The molecule has 1 aliphatic rings. The summed E-state index contributed by atoms with van der Waals surface area (Å²) in [4.78, 5) is 17.3. The predicted octanol–water partition coefficient (Wildman–Crippen LogP) is 3.07. The van der Waals surface area contributed by atoms with E-state index in [-0.39, 0.29) is 18.0 Å². The molecule has 3 heterocycles. The Labute approximate surface area is 185 Å². The summed E-state index contributed by atoms with van der Waals surface area (Å²) in [6.45, 7) is 5.33. The zero-order chi connectivity index (χ0) is 22.7. The highest BCUT2D eigenvalue weighted by Crippen LogP contribution is 2.27. The summed E-state index contributed by atoms with van der Waals surface area (Å²) in [5, 5.41) is 15.3. The van der Waals surface area contributed by atoms with Crippen LogP contribution in [0.4, 0.5) is 10.2 Å². The van der Waals surface area contributed by atoms with E-state index in [2.05, 4.69) is 25.6 Å². The molecule has 0 fully saturated rings. The average Bonchev–Trinajstić information content (AvgIpc) is 3.40. The van der Waals surface area contributed by atoms with Crippen LogP contribution in [0.2, 0.25) is 0 Å². The molecule has 0 aromatic carbocycles. The maximum atomic E-state index is 14.8. The number of methoxy groups -OCH3 is 1. The number of amides is 1. The van der Waals surface area contributed by atoms with E-state index in [4.69, 9.17) is 4.74 Å². The lowest BCUT2D eigenvalue weighted by atomic mass is 9.95. The largest absolute Gasteiger partial charge is 0.385 e. The van der Waals surface area contributed by atoms with Gasteiger partial charge >= 0.3 is 0 Å². The molecule has 4 rings (SSSR count). The van der Waals surface area contributed by atoms with Crippen LogP contribution in [-0.4, -0.2) is 55.3 Å². The fourth-order valence-electron chi connectivity index (χ4n) is 3.61. The highest BCUT2D eigenvalue weighted by atomic mass is 19.1. The summed E-state index contributed by atoms with van der Waals surface area (Å²) >= 11 is 0. The third-order valence-electron chi connectivity index (χ3n) is 5.25. The van der Waals surface area contributed by atoms with Crippen LogP contribution in [0.3, 0.4) is 0 Å². The number of nitrogens with one attached hydrogen (secondary N) is 1. The van der Waals surface area contributed by atoms with Crippen LogP contribution < -0.4 is 5.32 Å². The van der Waals surface area contributed by atoms with Crippen molar-refractivity contribution in [2.45, 2.75) is 45.4 Å². The van der Waals surface area contributed by atoms with E-state index in [1.165, 1.54) is 6.08 Å². The molecule has 0 saturated carbocycles. The lowest BCUT2D eigenvalue weighted by Crippen LogP contribution is -2.25. The number of halogens is 1. The molecule has 168 valence electrons. The number of alkyl halides is 1. The molecule has 1 atom stereocenters. The van der Waals surface area contributed by atoms with Gasteiger partial charge in [-0.2, -0.15) is 5.10 Å². The molecular formula is C22H26FN7O2. The van der Waals surface area contributed by atoms with E-state index >= 15 is 0 Å². The number of pyridine rings is 1. The minimum absolute atomic E-state index is 0.0391. The Kier molecular flexibility index (Phi) is 6.40. The van der Waals surface area contributed by atoms with Gasteiger partial charge in [-0.1, -0.05) is 6.07 Å². The van der Waals surface area contributed by atoms with E-state index < -0.39 is 12.1 Å². The first-order chi connectivity index (χ1) is 15.5. The summed E-state index contributed by atoms with van der Waals surface area (Å²) in [6, 6.07) is 5.37. The minimum atomic E-state index is -1.41. The zero-order valence-corrected chi connectivity index (χ0v) is 18.3. The summed E-state index contributed by atoms with van der Waals surface area (Å²) in [5.74, 6) is 0.377. The SMILES string of the molecule is COCCCn1cc2c(n1)C=C(C(=O)Nc1cccc(-c3nncn3C(C)C)n1)C(F)C2. The van der Waals surface area contributed by atoms with Gasteiger partial charge in [0.15, 0.2) is 5.82 Å². The van der Waals surface area contributed by atoms with Crippen LogP contribution in [0.1, 0.15) is 37.6 Å². The second-order valence-electron chi connectivity index (χ2n) is 7.94. The van der Waals surface area contributed by atoms with Crippen molar-refractivity contribution in [3.05, 3.63) is 47.6 Å². The van der Waals surface area contributed by atoms with Gasteiger partial charge in [0.2, 0.25) is 0 Å². The van der Waals surface area contributed by atoms with Crippen molar-refractivity contribution in [3.8, 4) is 11.5 Å². The number of rotatable bonds is 8. The fourth-order valence-corrected chi connectivity index (χ4v) is 3.61. The maximum absolute atomic E-state index is 14.8. The lowest BCUT2D eigenvalue weighted by Gasteiger charge is -2.16. The number of fused-ring (bicyclic) bond motifs is 1. The van der Waals surface area contributed by atoms with E-state index in [1.807, 2.05) is 24.6 Å². The van der Waals surface area contributed by atoms with Crippen molar-refractivity contribution < 1.29 is 13.9 Å². The van der Waals surface area contributed by atoms with Gasteiger partial charge in [-0.05, 0) is 38.5 Å². The van der Waals surface area contributed by atoms with E-state index in [0.717, 1.165) is 12.0 Å². The topological polar surface area (TPSA) is 99.8 Å². The zero-order valence-electron chi connectivity index (χ0n) is 18.3. The third-order valence-corrected chi connectivity index (χ3v) is 5.25. The average molecular weight is 439 g/mol. The summed E-state index contributed by atoms with van der Waals surface area (Å²) in [6.07, 6.45) is 4.50. The summed E-state index contributed by atoms with van der Waals surface area (Å²) < 4.78 is 23.5. The van der Waals surface area contributed by atoms with Gasteiger partial charge in [-0.15, -0.1) is 10.2 Å². The normalized spacial score (nSPS) is 15.5. The smallest absolute Gasteiger partial charge is 0.255 e. The van der Waals surface area contributed by atoms with Crippen molar-refractivity contribution in [3.63, 3.8) is 0 Å². The highest BCUT2D eigenvalue weighted by molar-refractivity contribution is 6.07. The number of hydrogen-bond acceptors (Lipinski definition) is 6. The molecule has 1 N–H and O–H groups in total. The Morgan fingerprint density at radius 3 is 3.00 bits per heavy atom. The molecule has 1 aliphatic carbocycles. The van der Waals surface area contributed by atoms with Gasteiger partial charge in [0.1, 0.15) is 24.0 Å².